The van der Waals surface area contributed by atoms with Gasteiger partial charge in [-0.05, 0) is 298 Å². The van der Waals surface area contributed by atoms with Crippen LogP contribution in [0.25, 0.3) is 41.8 Å². The average molecular weight is 1940 g/mol. The van der Waals surface area contributed by atoms with Crippen molar-refractivity contribution in [3.8, 4) is 41.8 Å². The Hall–Kier alpha value is -10.2. The van der Waals surface area contributed by atoms with Crippen molar-refractivity contribution in [3.63, 3.8) is 0 Å². The molecule has 8 aromatic rings. The van der Waals surface area contributed by atoms with Crippen molar-refractivity contribution in [2.24, 2.45) is 17.8 Å². The number of hydrogen-bond acceptors (Lipinski definition) is 27. The van der Waals surface area contributed by atoms with Crippen molar-refractivity contribution < 1.29 is 62.5 Å². The predicted molar refractivity (Wildman–Crippen MR) is 527 cm³/mol. The number of carbonyl (C=O) groups is 8. The number of aliphatic hydroxyl groups excluding tert-OH is 2. The minimum absolute atomic E-state index is 0.0136. The molecular formula is C99H132F2N20O11S4. The zero-order valence-corrected chi connectivity index (χ0v) is 84.2. The quantitative estimate of drug-likeness (QED) is 0.0228. The molecule has 18 rings (SSSR count). The first-order valence-corrected chi connectivity index (χ1v) is 51.6. The Balaban J connectivity index is 0.000000138. The number of likely N-dealkylation sites (tertiary alicyclic amines) is 3. The van der Waals surface area contributed by atoms with Gasteiger partial charge in [0.2, 0.25) is 0 Å². The van der Waals surface area contributed by atoms with Crippen molar-refractivity contribution in [1.82, 2.24) is 80.7 Å². The highest BCUT2D eigenvalue weighted by Crippen LogP contribution is 2.46. The third kappa shape index (κ3) is 23.7. The van der Waals surface area contributed by atoms with Crippen LogP contribution in [0.4, 0.5) is 32.1 Å². The first kappa shape index (κ1) is 100. The minimum Gasteiger partial charge on any atom is -0.393 e. The fourth-order valence-corrected chi connectivity index (χ4v) is 22.9. The molecule has 0 unspecified atom stereocenters. The number of anilines is 4. The van der Waals surface area contributed by atoms with Crippen molar-refractivity contribution in [1.29, 1.82) is 0 Å². The SMILES string of the molecule is CCNC(=O)c1nc(C(=O)N2CCC[C@@H]2C)c(-c2cnc(NC(C)(C)C)cc2C)s1.Cc1cc(N[C@H](C)C2CC2)ncc1-c1sc(C(=O)NC2CC(O)C2)nc1C(=O)N1CC(F)(F)C[C@@H]1C.Cc1cc(N[C@H](C)C2CC2)ncc1-c1sc(C(=O)NC2CC(O)C2)nc1C(=O)N1CCC[C@@H]1C.Cc1cc(N[C@H](C)C2CC2)ncc1-c1sc(C(=O)N[C@H](C)C(C)(C)O)nc1C(=O)N1C2CCC1CC2. The molecule has 5 aliphatic carbocycles. The molecular weight excluding hydrogens is 1810 g/mol. The molecule has 0 spiro atoms. The lowest BCUT2D eigenvalue weighted by Gasteiger charge is -2.31. The first-order valence-electron chi connectivity index (χ1n) is 48.4. The Morgan fingerprint density at radius 2 is 0.794 bits per heavy atom. The van der Waals surface area contributed by atoms with Crippen molar-refractivity contribution in [3.05, 3.63) is 114 Å². The molecule has 11 N–H and O–H groups in total. The number of carbonyl (C=O) groups excluding carboxylic acids is 8. The Labute approximate surface area is 810 Å². The van der Waals surface area contributed by atoms with E-state index >= 15 is 0 Å². The second-order valence-electron chi connectivity index (χ2n) is 40.8. The predicted octanol–water partition coefficient (Wildman–Crippen LogP) is 15.9. The van der Waals surface area contributed by atoms with E-state index in [-0.39, 0.29) is 104 Å². The van der Waals surface area contributed by atoms with E-state index in [4.69, 9.17) is 0 Å². The fraction of sp³-hybridized carbons (Fsp3) is 0.596. The molecule has 136 heavy (non-hydrogen) atoms. The molecule has 5 saturated carbocycles. The molecule has 732 valence electrons. The number of fused-ring (bicyclic) bond motifs is 2. The Kier molecular flexibility index (Phi) is 30.6. The number of nitrogens with zero attached hydrogens (tertiary/aromatic N) is 12. The number of amides is 8. The summed E-state index contributed by atoms with van der Waals surface area (Å²) in [7, 11) is 0. The van der Waals surface area contributed by atoms with Gasteiger partial charge >= 0.3 is 0 Å². The number of halogens is 2. The summed E-state index contributed by atoms with van der Waals surface area (Å²) < 4.78 is 28.1. The van der Waals surface area contributed by atoms with Gasteiger partial charge in [-0.15, -0.1) is 45.3 Å². The maximum absolute atomic E-state index is 14.1. The van der Waals surface area contributed by atoms with Gasteiger partial charge in [-0.3, -0.25) is 38.4 Å². The molecule has 0 radical (unpaired) electrons. The molecule has 31 nitrogen and oxygen atoms in total. The number of aliphatic hydroxyl groups is 3. The number of aryl methyl sites for hydroxylation is 4. The second kappa shape index (κ2) is 41.5. The number of pyridine rings is 4. The third-order valence-corrected chi connectivity index (χ3v) is 32.2. The maximum Gasteiger partial charge on any atom is 0.280 e. The molecule has 13 heterocycles. The number of alkyl halides is 2. The number of nitrogens with one attached hydrogen (secondary N) is 8. The van der Waals surface area contributed by atoms with Crippen LogP contribution in [-0.2, 0) is 0 Å². The normalized spacial score (nSPS) is 22.9. The van der Waals surface area contributed by atoms with E-state index < -0.39 is 54.5 Å². The summed E-state index contributed by atoms with van der Waals surface area (Å²) in [5.41, 5.74) is 6.70. The third-order valence-electron chi connectivity index (χ3n) is 27.9. The average Bonchev–Trinajstić information content (AvgIpc) is 1.62. The molecule has 0 aromatic carbocycles. The van der Waals surface area contributed by atoms with Crippen LogP contribution in [0.15, 0.2) is 49.1 Å². The lowest BCUT2D eigenvalue weighted by Crippen LogP contribution is -2.47. The van der Waals surface area contributed by atoms with Crippen LogP contribution in [0.5, 0.6) is 0 Å². The van der Waals surface area contributed by atoms with Gasteiger partial charge in [0.05, 0.1) is 49.9 Å². The van der Waals surface area contributed by atoms with E-state index in [1.54, 1.807) is 52.5 Å². The van der Waals surface area contributed by atoms with Crippen LogP contribution in [0.3, 0.4) is 0 Å². The summed E-state index contributed by atoms with van der Waals surface area (Å²) in [6.45, 7) is 34.5. The number of hydrogen-bond donors (Lipinski definition) is 11. The van der Waals surface area contributed by atoms with Crippen LogP contribution in [0.1, 0.15) is 315 Å². The molecule has 10 aliphatic rings. The van der Waals surface area contributed by atoms with E-state index in [2.05, 4.69) is 138 Å². The van der Waals surface area contributed by atoms with Gasteiger partial charge in [-0.25, -0.2) is 48.7 Å². The van der Waals surface area contributed by atoms with Gasteiger partial charge in [0.15, 0.2) is 20.0 Å². The van der Waals surface area contributed by atoms with Crippen LogP contribution in [0.2, 0.25) is 0 Å². The van der Waals surface area contributed by atoms with E-state index in [1.165, 1.54) is 72.5 Å². The van der Waals surface area contributed by atoms with Gasteiger partial charge in [0, 0.05) is 139 Å². The van der Waals surface area contributed by atoms with Gasteiger partial charge in [0.25, 0.3) is 53.2 Å². The summed E-state index contributed by atoms with van der Waals surface area (Å²) in [6, 6.07) is 8.49. The highest BCUT2D eigenvalue weighted by molar-refractivity contribution is 7.18. The molecule has 8 aromatic heterocycles. The lowest BCUT2D eigenvalue weighted by molar-refractivity contribution is 0.0117. The van der Waals surface area contributed by atoms with E-state index in [0.717, 1.165) is 136 Å². The monoisotopic (exact) mass is 1940 g/mol. The number of aromatic nitrogens is 8. The summed E-state index contributed by atoms with van der Waals surface area (Å²) >= 11 is 4.77. The molecule has 10 fully saturated rings. The maximum atomic E-state index is 14.1. The van der Waals surface area contributed by atoms with E-state index in [0.29, 0.717) is 122 Å². The summed E-state index contributed by atoms with van der Waals surface area (Å²) in [4.78, 5) is 151. The molecule has 7 atom stereocenters. The largest absolute Gasteiger partial charge is 0.393 e. The molecule has 8 amide bonds. The minimum atomic E-state index is -2.96. The first-order chi connectivity index (χ1) is 64.4. The summed E-state index contributed by atoms with van der Waals surface area (Å²) in [5, 5.41) is 55.3. The molecule has 5 aliphatic heterocycles. The van der Waals surface area contributed by atoms with Crippen molar-refractivity contribution in [2.75, 3.05) is 47.4 Å². The van der Waals surface area contributed by atoms with Crippen LogP contribution in [0, 0.1) is 45.4 Å². The summed E-state index contributed by atoms with van der Waals surface area (Å²) in [5.74, 6) is -0.0672. The van der Waals surface area contributed by atoms with Crippen LogP contribution >= 0.6 is 45.3 Å². The number of rotatable bonds is 27. The fourth-order valence-electron chi connectivity index (χ4n) is 18.8. The zero-order valence-electron chi connectivity index (χ0n) is 81.0. The highest BCUT2D eigenvalue weighted by atomic mass is 32.1. The number of thiazole rings is 4. The van der Waals surface area contributed by atoms with Gasteiger partial charge in [-0.1, -0.05) is 0 Å². The van der Waals surface area contributed by atoms with Gasteiger partial charge < -0.3 is 77.5 Å². The Morgan fingerprint density at radius 1 is 0.463 bits per heavy atom. The van der Waals surface area contributed by atoms with Crippen molar-refractivity contribution >= 4 is 116 Å². The second-order valence-corrected chi connectivity index (χ2v) is 44.8. The zero-order chi connectivity index (χ0) is 97.6. The van der Waals surface area contributed by atoms with Crippen LogP contribution < -0.4 is 42.5 Å². The van der Waals surface area contributed by atoms with Gasteiger partial charge in [-0.2, -0.15) is 0 Å². The van der Waals surface area contributed by atoms with Crippen molar-refractivity contribution in [2.45, 2.75) is 335 Å². The molecule has 37 heteroatoms. The van der Waals surface area contributed by atoms with E-state index in [1.807, 2.05) is 73.6 Å². The standard InChI is InChI=1S/C27H37N5O3S.C25H31F2N5O3S.C25H33N5O3S.C22H31N5O2S/c1-14-12-21(29-15(2)17-6-7-17)28-13-20(14)23-22(26(34)32-18-8-9-19(32)11-10-18)31-25(36-23)24(33)30-16(3)27(4,5)35;1-12-6-19(29-14(3)15-4-5-15)28-10-18(12)21-20(24(35)32-11-25(26,27)9-13(32)2)31-23(36-21)22(34)30-16-7-17(33)8-16;1-13-9-20(27-15(3)16-6-7-16)26-12-19(13)22-21(25(33)30-8-4-5-14(30)2)29-24(34-22)23(32)28-17-10-18(31)11-17;1-7-23-19(28)20-25-17(21(29)27-10-8-9-14(27)3)18(30-20)15-12-24-16(11-13(15)2)26-22(4,5)6/h12-13,15-19,35H,6-11H2,1-5H3,(H,28,29)(H,30,33);6,10,13-17,33H,4-5,7-9,11H2,1-3H3,(H,28,29)(H,30,34);9,12,14-18,31H,4-8,10-11H2,1-3H3,(H,26,27)(H,28,32);11-12,14H,7-10H2,1-6H3,(H,23,28)(H,24,26)/t15-,16-,18?,19?;13-,14+,16?,17?;14-,15+,17?,18?;14-/m1000/s1. The smallest absolute Gasteiger partial charge is 0.280 e. The Bertz CT molecular complexity index is 5750. The summed E-state index contributed by atoms with van der Waals surface area (Å²) in [6.07, 6.45) is 23.4. The topological polar surface area (TPSA) is 410 Å². The molecule has 5 saturated heterocycles. The van der Waals surface area contributed by atoms with Gasteiger partial charge in [0.1, 0.15) is 46.0 Å². The highest BCUT2D eigenvalue weighted by Gasteiger charge is 2.48. The molecule has 2 bridgehead atoms. The lowest BCUT2D eigenvalue weighted by atomic mass is 9.89. The van der Waals surface area contributed by atoms with Crippen LogP contribution in [-0.4, -0.2) is 244 Å². The Morgan fingerprint density at radius 3 is 1.10 bits per heavy atom. The van der Waals surface area contributed by atoms with E-state index in [9.17, 15) is 62.5 Å².